The molecule has 0 rings (SSSR count). The maximum absolute atomic E-state index is 5.17. The number of hydrogen-bond donors (Lipinski definition) is 1. The Hall–Kier alpha value is -0.0151. The maximum atomic E-state index is 5.17. The first-order valence-electron chi connectivity index (χ1n) is 1.88. The lowest BCUT2D eigenvalue weighted by atomic mass is 10.4. The molecular formula is C3H9BN2. The van der Waals surface area contributed by atoms with E-state index in [0.29, 0.717) is 0 Å². The average molecular weight is 83.9 g/mol. The van der Waals surface area contributed by atoms with Gasteiger partial charge in [0.05, 0.1) is 0 Å². The van der Waals surface area contributed by atoms with Crippen LogP contribution in [0.5, 0.6) is 0 Å². The minimum Gasteiger partial charge on any atom is -0.345 e. The molecule has 2 radical (unpaired) electrons. The highest BCUT2D eigenvalue weighted by Gasteiger charge is 1.77. The van der Waals surface area contributed by atoms with Gasteiger partial charge in [0.1, 0.15) is 0 Å². The molecule has 0 saturated carbocycles. The van der Waals surface area contributed by atoms with Crippen LogP contribution in [0.1, 0.15) is 0 Å². The third-order valence-electron chi connectivity index (χ3n) is 0.408. The molecule has 0 aromatic carbocycles. The van der Waals surface area contributed by atoms with Crippen LogP contribution in [0.25, 0.3) is 0 Å². The molecule has 0 spiro atoms. The molecule has 0 atom stereocenters. The Labute approximate surface area is 40.0 Å². The van der Waals surface area contributed by atoms with Gasteiger partial charge in [-0.25, -0.2) is 0 Å². The van der Waals surface area contributed by atoms with Crippen molar-refractivity contribution in [1.29, 1.82) is 0 Å². The van der Waals surface area contributed by atoms with E-state index in [2.05, 4.69) is 5.32 Å². The molecule has 3 heteroatoms. The zero-order valence-electron chi connectivity index (χ0n) is 4.23. The van der Waals surface area contributed by atoms with E-state index in [-0.39, 0.29) is 0 Å². The summed E-state index contributed by atoms with van der Waals surface area (Å²) in [7, 11) is 8.83. The minimum atomic E-state index is 0.736. The fraction of sp³-hybridized carbons (Fsp3) is 1.00. The molecule has 1 N–H and O–H groups in total. The van der Waals surface area contributed by atoms with Gasteiger partial charge in [-0.1, -0.05) is 0 Å². The quantitative estimate of drug-likeness (QED) is 0.347. The predicted molar refractivity (Wildman–Crippen MR) is 27.4 cm³/mol. The average Bonchev–Trinajstić information content (AvgIpc) is 1.35. The Morgan fingerprint density at radius 2 is 2.33 bits per heavy atom. The summed E-state index contributed by atoms with van der Waals surface area (Å²) in [5.74, 6) is 0. The van der Waals surface area contributed by atoms with Gasteiger partial charge in [0.15, 0.2) is 7.98 Å². The molecule has 0 aliphatic heterocycles. The Balaban J connectivity index is 2.63. The molecule has 0 bridgehead atoms. The van der Waals surface area contributed by atoms with Crippen molar-refractivity contribution in [3.05, 3.63) is 0 Å². The topological polar surface area (TPSA) is 15.3 Å². The molecule has 0 amide bonds. The largest absolute Gasteiger partial charge is 0.345 e. The number of hydrogen-bond acceptors (Lipinski definition) is 2. The lowest BCUT2D eigenvalue weighted by Gasteiger charge is -2.05. The van der Waals surface area contributed by atoms with Crippen LogP contribution in [0, 0.1) is 0 Å². The SMILES string of the molecule is [B]N(C)CNC. The van der Waals surface area contributed by atoms with Crippen LogP contribution >= 0.6 is 0 Å². The summed E-state index contributed by atoms with van der Waals surface area (Å²) >= 11 is 0. The molecule has 0 fully saturated rings. The summed E-state index contributed by atoms with van der Waals surface area (Å²) in [6.07, 6.45) is 0. The van der Waals surface area contributed by atoms with E-state index in [0.717, 1.165) is 6.67 Å². The Kier molecular flexibility index (Phi) is 3.18. The van der Waals surface area contributed by atoms with Crippen LogP contribution < -0.4 is 5.32 Å². The van der Waals surface area contributed by atoms with Gasteiger partial charge in [-0.15, -0.1) is 0 Å². The number of nitrogens with one attached hydrogen (secondary N) is 1. The summed E-state index contributed by atoms with van der Waals surface area (Å²) < 4.78 is 0. The van der Waals surface area contributed by atoms with E-state index in [1.807, 2.05) is 7.05 Å². The summed E-state index contributed by atoms with van der Waals surface area (Å²) in [4.78, 5) is 1.57. The molecule has 34 valence electrons. The Morgan fingerprint density at radius 3 is 2.33 bits per heavy atom. The molecular weight excluding hydrogens is 74.9 g/mol. The highest BCUT2D eigenvalue weighted by molar-refractivity contribution is 6.04. The minimum absolute atomic E-state index is 0.736. The van der Waals surface area contributed by atoms with Gasteiger partial charge in [0, 0.05) is 6.67 Å². The van der Waals surface area contributed by atoms with Crippen LogP contribution in [0.2, 0.25) is 0 Å². The van der Waals surface area contributed by atoms with Gasteiger partial charge in [-0.05, 0) is 14.1 Å². The first kappa shape index (κ1) is 5.98. The lowest BCUT2D eigenvalue weighted by Crippen LogP contribution is -2.25. The molecule has 0 aliphatic carbocycles. The summed E-state index contributed by atoms with van der Waals surface area (Å²) in [5, 5.41) is 2.87. The second-order valence-corrected chi connectivity index (χ2v) is 1.27. The van der Waals surface area contributed by atoms with E-state index in [1.165, 1.54) is 0 Å². The van der Waals surface area contributed by atoms with Crippen LogP contribution in [0.3, 0.4) is 0 Å². The monoisotopic (exact) mass is 84.1 g/mol. The molecule has 6 heavy (non-hydrogen) atoms. The number of rotatable bonds is 2. The fourth-order valence-corrected chi connectivity index (χ4v) is 0.249. The van der Waals surface area contributed by atoms with Crippen LogP contribution in [-0.4, -0.2) is 33.6 Å². The zero-order valence-corrected chi connectivity index (χ0v) is 4.23. The highest BCUT2D eigenvalue weighted by atomic mass is 15.1. The second kappa shape index (κ2) is 3.19. The summed E-state index contributed by atoms with van der Waals surface area (Å²) in [6, 6.07) is 0. The van der Waals surface area contributed by atoms with Crippen molar-refractivity contribution < 1.29 is 0 Å². The van der Waals surface area contributed by atoms with Crippen LogP contribution in [0.4, 0.5) is 0 Å². The molecule has 0 aliphatic rings. The van der Waals surface area contributed by atoms with Gasteiger partial charge in [-0.3, -0.25) is 0 Å². The molecule has 0 heterocycles. The van der Waals surface area contributed by atoms with Crippen molar-refractivity contribution in [1.82, 2.24) is 10.1 Å². The highest BCUT2D eigenvalue weighted by Crippen LogP contribution is 1.58. The van der Waals surface area contributed by atoms with Crippen molar-refractivity contribution in [3.63, 3.8) is 0 Å². The molecule has 2 nitrogen and oxygen atoms in total. The van der Waals surface area contributed by atoms with Crippen molar-refractivity contribution in [2.45, 2.75) is 0 Å². The Bertz CT molecular complexity index is 30.0. The number of nitrogens with zero attached hydrogens (tertiary/aromatic N) is 1. The molecule has 0 unspecified atom stereocenters. The van der Waals surface area contributed by atoms with Gasteiger partial charge < -0.3 is 10.1 Å². The van der Waals surface area contributed by atoms with Gasteiger partial charge in [0.25, 0.3) is 0 Å². The smallest absolute Gasteiger partial charge is 0.183 e. The first-order valence-corrected chi connectivity index (χ1v) is 1.88. The van der Waals surface area contributed by atoms with Gasteiger partial charge in [-0.2, -0.15) is 0 Å². The van der Waals surface area contributed by atoms with E-state index in [1.54, 1.807) is 11.9 Å². The van der Waals surface area contributed by atoms with E-state index < -0.39 is 0 Å². The summed E-state index contributed by atoms with van der Waals surface area (Å²) in [5.41, 5.74) is 0. The van der Waals surface area contributed by atoms with Crippen LogP contribution in [0.15, 0.2) is 0 Å². The van der Waals surface area contributed by atoms with Crippen molar-refractivity contribution in [2.24, 2.45) is 0 Å². The Morgan fingerprint density at radius 1 is 1.83 bits per heavy atom. The van der Waals surface area contributed by atoms with Crippen molar-refractivity contribution >= 4 is 7.98 Å². The van der Waals surface area contributed by atoms with E-state index in [4.69, 9.17) is 7.98 Å². The summed E-state index contributed by atoms with van der Waals surface area (Å²) in [6.45, 7) is 0.736. The van der Waals surface area contributed by atoms with E-state index in [9.17, 15) is 0 Å². The lowest BCUT2D eigenvalue weighted by molar-refractivity contribution is 0.506. The van der Waals surface area contributed by atoms with Gasteiger partial charge >= 0.3 is 0 Å². The zero-order chi connectivity index (χ0) is 4.99. The normalized spacial score (nSPS) is 9.83. The van der Waals surface area contributed by atoms with Crippen molar-refractivity contribution in [3.8, 4) is 0 Å². The standard InChI is InChI=1S/C3H9BN2/c1-5-3-6(2)4/h5H,3H2,1-2H3. The molecule has 0 aromatic rings. The maximum Gasteiger partial charge on any atom is 0.183 e. The third kappa shape index (κ3) is 3.98. The first-order chi connectivity index (χ1) is 2.77. The third-order valence-corrected chi connectivity index (χ3v) is 0.408. The predicted octanol–water partition coefficient (Wildman–Crippen LogP) is -0.821. The fourth-order valence-electron chi connectivity index (χ4n) is 0.249. The second-order valence-electron chi connectivity index (χ2n) is 1.27. The van der Waals surface area contributed by atoms with Crippen LogP contribution in [-0.2, 0) is 0 Å². The van der Waals surface area contributed by atoms with Crippen molar-refractivity contribution in [2.75, 3.05) is 20.8 Å². The van der Waals surface area contributed by atoms with E-state index >= 15 is 0 Å². The van der Waals surface area contributed by atoms with Gasteiger partial charge in [0.2, 0.25) is 0 Å². The molecule has 0 saturated heterocycles. The molecule has 0 aromatic heterocycles.